The molecule has 2 amide bonds. The molecule has 27 heavy (non-hydrogen) atoms. The average Bonchev–Trinajstić information content (AvgIpc) is 3.10. The Morgan fingerprint density at radius 1 is 1.33 bits per heavy atom. The van der Waals surface area contributed by atoms with Gasteiger partial charge in [-0.2, -0.15) is 5.26 Å². The maximum atomic E-state index is 12.3. The molecule has 0 saturated carbocycles. The molecule has 7 nitrogen and oxygen atoms in total. The van der Waals surface area contributed by atoms with E-state index in [1.807, 2.05) is 19.9 Å². The van der Waals surface area contributed by atoms with Gasteiger partial charge in [-0.1, -0.05) is 0 Å². The van der Waals surface area contributed by atoms with Crippen LogP contribution in [0.2, 0.25) is 0 Å². The molecule has 0 atom stereocenters. The minimum Gasteiger partial charge on any atom is -0.494 e. The van der Waals surface area contributed by atoms with Crippen molar-refractivity contribution >= 4 is 40.0 Å². The largest absolute Gasteiger partial charge is 0.494 e. The van der Waals surface area contributed by atoms with E-state index in [-0.39, 0.29) is 11.5 Å². The molecule has 1 aromatic carbocycles. The Bertz CT molecular complexity index is 881. The summed E-state index contributed by atoms with van der Waals surface area (Å²) in [6, 6.07) is 8.76. The molecule has 0 bridgehead atoms. The number of carbonyl (C=O) groups excluding carboxylic acids is 2. The van der Waals surface area contributed by atoms with Crippen LogP contribution in [0.5, 0.6) is 5.75 Å². The summed E-state index contributed by atoms with van der Waals surface area (Å²) in [5.74, 6) is 0.0544. The Labute approximate surface area is 161 Å². The number of rotatable bonds is 7. The molecule has 0 saturated heterocycles. The van der Waals surface area contributed by atoms with E-state index < -0.39 is 5.91 Å². The number of aromatic nitrogens is 1. The molecule has 1 N–H and O–H groups in total. The Hall–Kier alpha value is -3.18. The molecule has 0 fully saturated rings. The average molecular weight is 384 g/mol. The van der Waals surface area contributed by atoms with Crippen molar-refractivity contribution < 1.29 is 14.3 Å². The van der Waals surface area contributed by atoms with Gasteiger partial charge in [0.1, 0.15) is 17.4 Å². The summed E-state index contributed by atoms with van der Waals surface area (Å²) in [7, 11) is 0. The zero-order valence-corrected chi connectivity index (χ0v) is 16.2. The highest BCUT2D eigenvalue weighted by molar-refractivity contribution is 7.14. The minimum absolute atomic E-state index is 0.0772. The topological polar surface area (TPSA) is 95.3 Å². The van der Waals surface area contributed by atoms with Gasteiger partial charge in [0.15, 0.2) is 5.13 Å². The maximum Gasteiger partial charge on any atom is 0.266 e. The van der Waals surface area contributed by atoms with Crippen LogP contribution in [0.15, 0.2) is 35.2 Å². The van der Waals surface area contributed by atoms with Crippen LogP contribution < -0.4 is 15.0 Å². The van der Waals surface area contributed by atoms with Crippen LogP contribution in [-0.2, 0) is 9.59 Å². The van der Waals surface area contributed by atoms with Crippen LogP contribution in [0.3, 0.4) is 0 Å². The zero-order valence-electron chi connectivity index (χ0n) is 15.4. The van der Waals surface area contributed by atoms with Gasteiger partial charge >= 0.3 is 0 Å². The molecule has 0 aliphatic heterocycles. The number of hydrogen-bond donors (Lipinski definition) is 1. The van der Waals surface area contributed by atoms with E-state index >= 15 is 0 Å². The molecule has 2 rings (SSSR count). The molecule has 2 aromatic rings. The number of anilines is 2. The lowest BCUT2D eigenvalue weighted by Crippen LogP contribution is -2.27. The van der Waals surface area contributed by atoms with Crippen LogP contribution in [0.4, 0.5) is 10.8 Å². The highest BCUT2D eigenvalue weighted by Gasteiger charge is 2.15. The number of amides is 2. The summed E-state index contributed by atoms with van der Waals surface area (Å²) in [4.78, 5) is 29.8. The standard InChI is InChI=1S/C19H20N4O3S/c1-4-23(13(3)24)19-22-16(12-27-19)10-14(11-20)18(25)21-15-6-8-17(9-7-15)26-5-2/h6-10,12H,4-5H2,1-3H3,(H,21,25)/b14-10+. The number of nitriles is 1. The third-order valence-corrected chi connectivity index (χ3v) is 4.40. The number of hydrogen-bond acceptors (Lipinski definition) is 6. The second-order valence-electron chi connectivity index (χ2n) is 5.40. The quantitative estimate of drug-likeness (QED) is 0.583. The van der Waals surface area contributed by atoms with Crippen LogP contribution >= 0.6 is 11.3 Å². The molecular weight excluding hydrogens is 364 g/mol. The molecule has 0 spiro atoms. The van der Waals surface area contributed by atoms with Gasteiger partial charge in [-0.15, -0.1) is 11.3 Å². The molecule has 1 aromatic heterocycles. The minimum atomic E-state index is -0.532. The maximum absolute atomic E-state index is 12.3. The molecule has 8 heteroatoms. The van der Waals surface area contributed by atoms with E-state index in [1.165, 1.54) is 29.2 Å². The van der Waals surface area contributed by atoms with Gasteiger partial charge in [0.25, 0.3) is 5.91 Å². The molecule has 0 radical (unpaired) electrons. The Kier molecular flexibility index (Phi) is 7.08. The Balaban J connectivity index is 2.13. The Morgan fingerprint density at radius 3 is 2.59 bits per heavy atom. The van der Waals surface area contributed by atoms with Crippen LogP contribution in [0.25, 0.3) is 6.08 Å². The van der Waals surface area contributed by atoms with E-state index in [4.69, 9.17) is 4.74 Å². The molecule has 0 aliphatic rings. The number of carbonyl (C=O) groups is 2. The highest BCUT2D eigenvalue weighted by atomic mass is 32.1. The number of nitrogens with one attached hydrogen (secondary N) is 1. The second kappa shape index (κ2) is 9.50. The second-order valence-corrected chi connectivity index (χ2v) is 6.24. The first-order valence-electron chi connectivity index (χ1n) is 8.38. The first-order valence-corrected chi connectivity index (χ1v) is 9.26. The lowest BCUT2D eigenvalue weighted by molar-refractivity contribution is -0.116. The van der Waals surface area contributed by atoms with Gasteiger partial charge in [0.2, 0.25) is 5.91 Å². The monoisotopic (exact) mass is 384 g/mol. The summed E-state index contributed by atoms with van der Waals surface area (Å²) in [5, 5.41) is 14.2. The summed E-state index contributed by atoms with van der Waals surface area (Å²) in [6.07, 6.45) is 1.40. The molecule has 0 aliphatic carbocycles. The smallest absolute Gasteiger partial charge is 0.266 e. The number of thiazole rings is 1. The normalized spacial score (nSPS) is 10.8. The number of nitrogens with zero attached hydrogens (tertiary/aromatic N) is 3. The summed E-state index contributed by atoms with van der Waals surface area (Å²) in [5.41, 5.74) is 0.928. The fourth-order valence-corrected chi connectivity index (χ4v) is 3.15. The lowest BCUT2D eigenvalue weighted by atomic mass is 10.2. The predicted octanol–water partition coefficient (Wildman–Crippen LogP) is 3.46. The van der Waals surface area contributed by atoms with Crippen molar-refractivity contribution in [3.05, 3.63) is 40.9 Å². The van der Waals surface area contributed by atoms with Crippen molar-refractivity contribution in [2.75, 3.05) is 23.4 Å². The van der Waals surface area contributed by atoms with Gasteiger partial charge in [0, 0.05) is 24.5 Å². The zero-order chi connectivity index (χ0) is 19.8. The Morgan fingerprint density at radius 2 is 2.04 bits per heavy atom. The first kappa shape index (κ1) is 20.1. The van der Waals surface area contributed by atoms with E-state index in [2.05, 4.69) is 10.3 Å². The van der Waals surface area contributed by atoms with Crippen LogP contribution in [0, 0.1) is 11.3 Å². The van der Waals surface area contributed by atoms with E-state index in [1.54, 1.807) is 29.6 Å². The molecule has 0 unspecified atom stereocenters. The van der Waals surface area contributed by atoms with Crippen molar-refractivity contribution in [1.29, 1.82) is 5.26 Å². The van der Waals surface area contributed by atoms with E-state index in [0.29, 0.717) is 35.4 Å². The molecule has 140 valence electrons. The van der Waals surface area contributed by atoms with Crippen molar-refractivity contribution in [2.24, 2.45) is 0 Å². The molecule has 1 heterocycles. The van der Waals surface area contributed by atoms with Crippen LogP contribution in [-0.4, -0.2) is 29.9 Å². The van der Waals surface area contributed by atoms with Gasteiger partial charge in [-0.3, -0.25) is 14.5 Å². The van der Waals surface area contributed by atoms with Gasteiger partial charge in [-0.25, -0.2) is 4.98 Å². The fraction of sp³-hybridized carbons (Fsp3) is 0.263. The number of ether oxygens (including phenoxy) is 1. The SMILES string of the molecule is CCOc1ccc(NC(=O)/C(C#N)=C/c2csc(N(CC)C(C)=O)n2)cc1. The summed E-state index contributed by atoms with van der Waals surface area (Å²) < 4.78 is 5.35. The van der Waals surface area contributed by atoms with E-state index in [0.717, 1.165) is 0 Å². The van der Waals surface area contributed by atoms with Gasteiger partial charge in [0.05, 0.1) is 12.3 Å². The highest BCUT2D eigenvalue weighted by Crippen LogP contribution is 2.22. The van der Waals surface area contributed by atoms with Gasteiger partial charge < -0.3 is 10.1 Å². The van der Waals surface area contributed by atoms with Crippen molar-refractivity contribution in [1.82, 2.24) is 4.98 Å². The lowest BCUT2D eigenvalue weighted by Gasteiger charge is -2.14. The van der Waals surface area contributed by atoms with Crippen molar-refractivity contribution in [3.8, 4) is 11.8 Å². The summed E-state index contributed by atoms with van der Waals surface area (Å²) >= 11 is 1.28. The van der Waals surface area contributed by atoms with Gasteiger partial charge in [-0.05, 0) is 44.2 Å². The fourth-order valence-electron chi connectivity index (χ4n) is 2.26. The summed E-state index contributed by atoms with van der Waals surface area (Å²) in [6.45, 7) is 6.26. The van der Waals surface area contributed by atoms with Crippen molar-refractivity contribution in [2.45, 2.75) is 20.8 Å². The van der Waals surface area contributed by atoms with E-state index in [9.17, 15) is 14.9 Å². The third kappa shape index (κ3) is 5.39. The van der Waals surface area contributed by atoms with Crippen LogP contribution in [0.1, 0.15) is 26.5 Å². The third-order valence-electron chi connectivity index (χ3n) is 3.52. The van der Waals surface area contributed by atoms with Crippen molar-refractivity contribution in [3.63, 3.8) is 0 Å². The first-order chi connectivity index (χ1) is 13.0. The number of benzene rings is 1. The molecular formula is C19H20N4O3S. The predicted molar refractivity (Wildman–Crippen MR) is 106 cm³/mol.